The zero-order chi connectivity index (χ0) is 30.6. The van der Waals surface area contributed by atoms with Gasteiger partial charge >= 0.3 is 5.97 Å². The van der Waals surface area contributed by atoms with Crippen molar-refractivity contribution < 1.29 is 38.6 Å². The van der Waals surface area contributed by atoms with Crippen LogP contribution in [-0.2, 0) is 28.7 Å². The SMILES string of the molecule is CCCCO[C@@H]1OC(=O)C[C@@H]1NC(=O)CN1C(=O)[C@@H](NC(=O)c2cc(C)c(O)c(C)c2)CN(C(C)=O)c2ccccc21. The molecule has 12 heteroatoms. The molecule has 1 fully saturated rings. The molecule has 0 aliphatic carbocycles. The summed E-state index contributed by atoms with van der Waals surface area (Å²) in [6.07, 6.45) is 0.638. The number of cyclic esters (lactones) is 1. The van der Waals surface area contributed by atoms with Gasteiger partial charge in [0.1, 0.15) is 24.4 Å². The average molecular weight is 581 g/mol. The lowest BCUT2D eigenvalue weighted by Gasteiger charge is -2.26. The van der Waals surface area contributed by atoms with E-state index in [1.54, 1.807) is 38.1 Å². The molecule has 3 N–H and O–H groups in total. The lowest BCUT2D eigenvalue weighted by molar-refractivity contribution is -0.165. The number of esters is 1. The second-order valence-electron chi connectivity index (χ2n) is 10.5. The molecule has 4 rings (SSSR count). The summed E-state index contributed by atoms with van der Waals surface area (Å²) in [5.74, 6) is -2.54. The molecule has 2 aromatic carbocycles. The summed E-state index contributed by atoms with van der Waals surface area (Å²) >= 11 is 0. The van der Waals surface area contributed by atoms with Crippen molar-refractivity contribution in [3.63, 3.8) is 0 Å². The number of carbonyl (C=O) groups excluding carboxylic acids is 5. The van der Waals surface area contributed by atoms with Crippen molar-refractivity contribution in [2.45, 2.75) is 65.3 Å². The maximum absolute atomic E-state index is 13.9. The highest BCUT2D eigenvalue weighted by Crippen LogP contribution is 2.33. The van der Waals surface area contributed by atoms with E-state index in [9.17, 15) is 29.1 Å². The molecule has 2 heterocycles. The number of para-hydroxylation sites is 2. The molecule has 42 heavy (non-hydrogen) atoms. The van der Waals surface area contributed by atoms with Gasteiger partial charge in [-0.3, -0.25) is 28.9 Å². The first kappa shape index (κ1) is 30.5. The van der Waals surface area contributed by atoms with Gasteiger partial charge in [-0.1, -0.05) is 25.5 Å². The number of fused-ring (bicyclic) bond motifs is 1. The Balaban J connectivity index is 1.59. The molecule has 1 saturated heterocycles. The van der Waals surface area contributed by atoms with Crippen molar-refractivity contribution in [3.05, 3.63) is 53.1 Å². The number of aryl methyl sites for hydroxylation is 2. The highest BCUT2D eigenvalue weighted by atomic mass is 16.7. The molecular weight excluding hydrogens is 544 g/mol. The van der Waals surface area contributed by atoms with Gasteiger partial charge in [-0.05, 0) is 55.7 Å². The first-order valence-electron chi connectivity index (χ1n) is 13.9. The molecule has 2 aromatic rings. The van der Waals surface area contributed by atoms with Gasteiger partial charge in [0.15, 0.2) is 0 Å². The highest BCUT2D eigenvalue weighted by Gasteiger charge is 2.40. The molecule has 4 amide bonds. The summed E-state index contributed by atoms with van der Waals surface area (Å²) in [6, 6.07) is 7.74. The standard InChI is InChI=1S/C30H36N4O8/c1-5-6-11-41-30-21(14-26(37)42-30)31-25(36)16-34-24-10-8-7-9-23(24)33(19(4)35)15-22(29(34)40)32-28(39)20-12-17(2)27(38)18(3)13-20/h7-10,12-13,21-22,30,38H,5-6,11,14-16H2,1-4H3,(H,31,36)(H,32,39)/t21-,22-,30+/m0/s1. The summed E-state index contributed by atoms with van der Waals surface area (Å²) < 4.78 is 10.8. The minimum absolute atomic E-state index is 0.0693. The Labute approximate surface area is 243 Å². The molecule has 0 saturated carbocycles. The second kappa shape index (κ2) is 13.0. The van der Waals surface area contributed by atoms with E-state index in [2.05, 4.69) is 10.6 Å². The molecule has 0 radical (unpaired) electrons. The Morgan fingerprint density at radius 2 is 1.74 bits per heavy atom. The van der Waals surface area contributed by atoms with Gasteiger partial charge in [0, 0.05) is 12.5 Å². The van der Waals surface area contributed by atoms with Gasteiger partial charge in [-0.2, -0.15) is 0 Å². The van der Waals surface area contributed by atoms with Crippen molar-refractivity contribution in [2.75, 3.05) is 29.5 Å². The maximum Gasteiger partial charge on any atom is 0.310 e. The number of nitrogens with one attached hydrogen (secondary N) is 2. The van der Waals surface area contributed by atoms with Crippen LogP contribution in [-0.4, -0.2) is 72.8 Å². The van der Waals surface area contributed by atoms with Crippen LogP contribution in [0.25, 0.3) is 0 Å². The van der Waals surface area contributed by atoms with Gasteiger partial charge in [0.25, 0.3) is 11.8 Å². The fourth-order valence-electron chi connectivity index (χ4n) is 5.03. The second-order valence-corrected chi connectivity index (χ2v) is 10.5. The number of benzene rings is 2. The fraction of sp³-hybridized carbons (Fsp3) is 0.433. The Bertz CT molecular complexity index is 1370. The number of nitrogens with zero attached hydrogens (tertiary/aromatic N) is 2. The third kappa shape index (κ3) is 6.71. The number of rotatable bonds is 9. The number of hydrogen-bond donors (Lipinski definition) is 3. The topological polar surface area (TPSA) is 155 Å². The van der Waals surface area contributed by atoms with Crippen LogP contribution in [0.15, 0.2) is 36.4 Å². The number of phenols is 1. The van der Waals surface area contributed by atoms with Crippen LogP contribution in [0.3, 0.4) is 0 Å². The monoisotopic (exact) mass is 580 g/mol. The fourth-order valence-corrected chi connectivity index (χ4v) is 5.03. The van der Waals surface area contributed by atoms with E-state index in [1.807, 2.05) is 6.92 Å². The van der Waals surface area contributed by atoms with E-state index in [4.69, 9.17) is 9.47 Å². The van der Waals surface area contributed by atoms with Crippen molar-refractivity contribution in [1.82, 2.24) is 10.6 Å². The van der Waals surface area contributed by atoms with E-state index < -0.39 is 48.6 Å². The predicted molar refractivity (Wildman–Crippen MR) is 153 cm³/mol. The van der Waals surface area contributed by atoms with E-state index >= 15 is 0 Å². The molecule has 2 aliphatic rings. The normalized spacial score (nSPS) is 20.0. The minimum atomic E-state index is -1.20. The number of hydrogen-bond acceptors (Lipinski definition) is 8. The largest absolute Gasteiger partial charge is 0.507 e. The lowest BCUT2D eigenvalue weighted by Crippen LogP contribution is -2.55. The molecule has 3 atom stereocenters. The zero-order valence-electron chi connectivity index (χ0n) is 24.1. The number of aromatic hydroxyl groups is 1. The number of unbranched alkanes of at least 4 members (excludes halogenated alkanes) is 1. The van der Waals surface area contributed by atoms with E-state index in [0.717, 1.165) is 12.8 Å². The Kier molecular flexibility index (Phi) is 9.46. The van der Waals surface area contributed by atoms with E-state index in [1.165, 1.54) is 28.9 Å². The van der Waals surface area contributed by atoms with Crippen LogP contribution >= 0.6 is 0 Å². The number of phenolic OH excluding ortho intramolecular Hbond substituents is 1. The quantitative estimate of drug-likeness (QED) is 0.301. The Hall–Kier alpha value is -4.45. The first-order chi connectivity index (χ1) is 20.0. The van der Waals surface area contributed by atoms with Gasteiger partial charge in [-0.15, -0.1) is 0 Å². The molecule has 0 spiro atoms. The summed E-state index contributed by atoms with van der Waals surface area (Å²) in [7, 11) is 0. The van der Waals surface area contributed by atoms with Crippen molar-refractivity contribution in [2.24, 2.45) is 0 Å². The first-order valence-corrected chi connectivity index (χ1v) is 13.9. The molecule has 0 bridgehead atoms. The Morgan fingerprint density at radius 1 is 1.07 bits per heavy atom. The lowest BCUT2D eigenvalue weighted by atomic mass is 10.0. The smallest absolute Gasteiger partial charge is 0.310 e. The summed E-state index contributed by atoms with van der Waals surface area (Å²) in [4.78, 5) is 67.7. The third-order valence-electron chi connectivity index (χ3n) is 7.22. The predicted octanol–water partition coefficient (Wildman–Crippen LogP) is 2.08. The molecular formula is C30H36N4O8. The number of carbonyl (C=O) groups is 5. The van der Waals surface area contributed by atoms with Crippen LogP contribution in [0.2, 0.25) is 0 Å². The molecule has 0 unspecified atom stereocenters. The van der Waals surface area contributed by atoms with E-state index in [-0.39, 0.29) is 30.2 Å². The van der Waals surface area contributed by atoms with Gasteiger partial charge in [0.05, 0.1) is 30.9 Å². The average Bonchev–Trinajstić information content (AvgIpc) is 3.24. The number of ether oxygens (including phenoxy) is 2. The maximum atomic E-state index is 13.9. The van der Waals surface area contributed by atoms with E-state index in [0.29, 0.717) is 29.1 Å². The molecule has 12 nitrogen and oxygen atoms in total. The summed E-state index contributed by atoms with van der Waals surface area (Å²) in [5, 5.41) is 15.6. The molecule has 0 aromatic heterocycles. The third-order valence-corrected chi connectivity index (χ3v) is 7.22. The van der Waals surface area contributed by atoms with Crippen LogP contribution in [0.4, 0.5) is 11.4 Å². The Morgan fingerprint density at radius 3 is 2.38 bits per heavy atom. The minimum Gasteiger partial charge on any atom is -0.507 e. The molecule has 224 valence electrons. The number of anilines is 2. The number of amides is 4. The molecule has 2 aliphatic heterocycles. The van der Waals surface area contributed by atoms with Crippen LogP contribution in [0.5, 0.6) is 5.75 Å². The summed E-state index contributed by atoms with van der Waals surface area (Å²) in [6.45, 7) is 6.42. The van der Waals surface area contributed by atoms with Crippen LogP contribution < -0.4 is 20.4 Å². The van der Waals surface area contributed by atoms with Crippen LogP contribution in [0.1, 0.15) is 54.6 Å². The highest BCUT2D eigenvalue weighted by molar-refractivity contribution is 6.10. The van der Waals surface area contributed by atoms with Crippen molar-refractivity contribution in [3.8, 4) is 5.75 Å². The van der Waals surface area contributed by atoms with Crippen molar-refractivity contribution in [1.29, 1.82) is 0 Å². The van der Waals surface area contributed by atoms with Crippen LogP contribution in [0, 0.1) is 13.8 Å². The zero-order valence-corrected chi connectivity index (χ0v) is 24.1. The van der Waals surface area contributed by atoms with Crippen molar-refractivity contribution >= 4 is 41.0 Å². The summed E-state index contributed by atoms with van der Waals surface area (Å²) in [5.41, 5.74) is 1.94. The van der Waals surface area contributed by atoms with Gasteiger partial charge in [-0.25, -0.2) is 0 Å². The van der Waals surface area contributed by atoms with Gasteiger partial charge < -0.3 is 30.1 Å². The van der Waals surface area contributed by atoms with Gasteiger partial charge in [0.2, 0.25) is 18.1 Å².